The summed E-state index contributed by atoms with van der Waals surface area (Å²) in [6.45, 7) is 8.29. The van der Waals surface area contributed by atoms with Crippen LogP contribution >= 0.6 is 0 Å². The van der Waals surface area contributed by atoms with Crippen LogP contribution in [-0.4, -0.2) is 49.6 Å². The van der Waals surface area contributed by atoms with Gasteiger partial charge in [-0.1, -0.05) is 6.92 Å². The number of nitrogens with zero attached hydrogens (tertiary/aromatic N) is 2. The summed E-state index contributed by atoms with van der Waals surface area (Å²) in [5.74, 6) is 0.767. The molecule has 6 heteroatoms. The lowest BCUT2D eigenvalue weighted by Crippen LogP contribution is -2.39. The van der Waals surface area contributed by atoms with E-state index in [0.29, 0.717) is 23.7 Å². The highest BCUT2D eigenvalue weighted by Crippen LogP contribution is 2.29. The maximum Gasteiger partial charge on any atom is 0.319 e. The van der Waals surface area contributed by atoms with Gasteiger partial charge in [-0.2, -0.15) is 0 Å². The Labute approximate surface area is 162 Å². The number of hydrogen-bond donors (Lipinski definition) is 2. The number of rotatable bonds is 4. The van der Waals surface area contributed by atoms with E-state index in [9.17, 15) is 9.59 Å². The molecule has 3 rings (SSSR count). The number of likely N-dealkylation sites (tertiary alicyclic amines) is 1. The Morgan fingerprint density at radius 1 is 1.07 bits per heavy atom. The molecule has 3 amide bonds. The summed E-state index contributed by atoms with van der Waals surface area (Å²) in [7, 11) is 0. The fourth-order valence-corrected chi connectivity index (χ4v) is 3.91. The normalized spacial score (nSPS) is 18.3. The van der Waals surface area contributed by atoms with Gasteiger partial charge in [-0.15, -0.1) is 0 Å². The molecule has 0 atom stereocenters. The van der Waals surface area contributed by atoms with E-state index >= 15 is 0 Å². The lowest BCUT2D eigenvalue weighted by Gasteiger charge is -2.34. The number of carbonyl (C=O) groups is 2. The molecule has 0 bridgehead atoms. The quantitative estimate of drug-likeness (QED) is 0.847. The molecule has 2 saturated heterocycles. The van der Waals surface area contributed by atoms with Crippen LogP contribution in [0.15, 0.2) is 18.2 Å². The van der Waals surface area contributed by atoms with Gasteiger partial charge in [0.2, 0.25) is 0 Å². The van der Waals surface area contributed by atoms with Gasteiger partial charge in [0.05, 0.1) is 5.56 Å². The first kappa shape index (κ1) is 19.5. The minimum atomic E-state index is -0.242. The molecule has 1 aromatic carbocycles. The molecule has 0 radical (unpaired) electrons. The highest BCUT2D eigenvalue weighted by molar-refractivity contribution is 6.02. The fraction of sp³-hybridized carbons (Fsp3) is 0.619. The lowest BCUT2D eigenvalue weighted by atomic mass is 9.98. The second kappa shape index (κ2) is 9.11. The standard InChI is InChI=1S/C21H32N4O2/c1-3-22-21(27)23-17-7-8-19(24-11-5-4-6-12-24)18(15-17)20(26)25-13-9-16(2)10-14-25/h7-8,15-16H,3-6,9-14H2,1-2H3,(H2,22,23,27). The third-order valence-electron chi connectivity index (χ3n) is 5.59. The van der Waals surface area contributed by atoms with Crippen LogP contribution in [0.1, 0.15) is 56.3 Å². The molecular weight excluding hydrogens is 340 g/mol. The van der Waals surface area contributed by atoms with Gasteiger partial charge in [0.1, 0.15) is 0 Å². The van der Waals surface area contributed by atoms with E-state index in [1.165, 1.54) is 6.42 Å². The van der Waals surface area contributed by atoms with Crippen LogP contribution in [-0.2, 0) is 0 Å². The van der Waals surface area contributed by atoms with E-state index in [1.807, 2.05) is 30.0 Å². The van der Waals surface area contributed by atoms with Crippen LogP contribution < -0.4 is 15.5 Å². The Morgan fingerprint density at radius 3 is 2.44 bits per heavy atom. The Balaban J connectivity index is 1.86. The van der Waals surface area contributed by atoms with Gasteiger partial charge in [0.25, 0.3) is 5.91 Å². The summed E-state index contributed by atoms with van der Waals surface area (Å²) < 4.78 is 0. The van der Waals surface area contributed by atoms with Crippen molar-refractivity contribution >= 4 is 23.3 Å². The van der Waals surface area contributed by atoms with Crippen LogP contribution in [0.3, 0.4) is 0 Å². The SMILES string of the molecule is CCNC(=O)Nc1ccc(N2CCCCC2)c(C(=O)N2CCC(C)CC2)c1. The number of carbonyl (C=O) groups excluding carboxylic acids is 2. The van der Waals surface area contributed by atoms with Crippen LogP contribution in [0.2, 0.25) is 0 Å². The molecular formula is C21H32N4O2. The van der Waals surface area contributed by atoms with Crippen molar-refractivity contribution in [3.05, 3.63) is 23.8 Å². The second-order valence-corrected chi connectivity index (χ2v) is 7.74. The van der Waals surface area contributed by atoms with E-state index in [1.54, 1.807) is 0 Å². The van der Waals surface area contributed by atoms with Crippen molar-refractivity contribution in [2.45, 2.75) is 46.0 Å². The van der Waals surface area contributed by atoms with Crippen LogP contribution in [0.4, 0.5) is 16.2 Å². The highest BCUT2D eigenvalue weighted by Gasteiger charge is 2.26. The summed E-state index contributed by atoms with van der Waals surface area (Å²) in [6, 6.07) is 5.49. The van der Waals surface area contributed by atoms with Gasteiger partial charge in [0, 0.05) is 44.1 Å². The molecule has 27 heavy (non-hydrogen) atoms. The molecule has 2 fully saturated rings. The number of urea groups is 1. The van der Waals surface area contributed by atoms with Crippen molar-refractivity contribution in [2.75, 3.05) is 42.9 Å². The average molecular weight is 373 g/mol. The molecule has 0 spiro atoms. The molecule has 2 heterocycles. The zero-order valence-corrected chi connectivity index (χ0v) is 16.6. The monoisotopic (exact) mass is 372 g/mol. The Bertz CT molecular complexity index is 662. The molecule has 1 aromatic rings. The Kier molecular flexibility index (Phi) is 6.58. The smallest absolute Gasteiger partial charge is 0.319 e. The zero-order chi connectivity index (χ0) is 19.2. The zero-order valence-electron chi connectivity index (χ0n) is 16.6. The summed E-state index contributed by atoms with van der Waals surface area (Å²) >= 11 is 0. The highest BCUT2D eigenvalue weighted by atomic mass is 16.2. The first-order valence-corrected chi connectivity index (χ1v) is 10.3. The van der Waals surface area contributed by atoms with E-state index in [-0.39, 0.29) is 11.9 Å². The van der Waals surface area contributed by atoms with Crippen LogP contribution in [0, 0.1) is 5.92 Å². The molecule has 0 saturated carbocycles. The van der Waals surface area contributed by atoms with E-state index in [4.69, 9.17) is 0 Å². The van der Waals surface area contributed by atoms with Crippen molar-refractivity contribution in [2.24, 2.45) is 5.92 Å². The molecule has 148 valence electrons. The first-order chi connectivity index (χ1) is 13.1. The van der Waals surface area contributed by atoms with Crippen LogP contribution in [0.25, 0.3) is 0 Å². The number of hydrogen-bond acceptors (Lipinski definition) is 3. The van der Waals surface area contributed by atoms with E-state index in [2.05, 4.69) is 22.5 Å². The topological polar surface area (TPSA) is 64.7 Å². The summed E-state index contributed by atoms with van der Waals surface area (Å²) in [6.07, 6.45) is 5.69. The van der Waals surface area contributed by atoms with Gasteiger partial charge in [0.15, 0.2) is 0 Å². The van der Waals surface area contributed by atoms with E-state index in [0.717, 1.165) is 57.5 Å². The molecule has 2 aliphatic heterocycles. The minimum Gasteiger partial charge on any atom is -0.371 e. The van der Waals surface area contributed by atoms with Gasteiger partial charge in [-0.05, 0) is 63.1 Å². The number of nitrogens with one attached hydrogen (secondary N) is 2. The summed E-state index contributed by atoms with van der Waals surface area (Å²) in [5, 5.41) is 5.57. The molecule has 2 aliphatic rings. The average Bonchev–Trinajstić information content (AvgIpc) is 2.69. The molecule has 6 nitrogen and oxygen atoms in total. The molecule has 0 aliphatic carbocycles. The molecule has 0 unspecified atom stereocenters. The number of benzene rings is 1. The van der Waals surface area contributed by atoms with Crippen molar-refractivity contribution in [1.82, 2.24) is 10.2 Å². The first-order valence-electron chi connectivity index (χ1n) is 10.3. The third kappa shape index (κ3) is 4.93. The predicted molar refractivity (Wildman–Crippen MR) is 110 cm³/mol. The fourth-order valence-electron chi connectivity index (χ4n) is 3.91. The van der Waals surface area contributed by atoms with E-state index < -0.39 is 0 Å². The number of anilines is 2. The van der Waals surface area contributed by atoms with Gasteiger partial charge < -0.3 is 20.4 Å². The maximum atomic E-state index is 13.3. The maximum absolute atomic E-state index is 13.3. The Hall–Kier alpha value is -2.24. The second-order valence-electron chi connectivity index (χ2n) is 7.74. The predicted octanol–water partition coefficient (Wildman–Crippen LogP) is 3.69. The third-order valence-corrected chi connectivity index (χ3v) is 5.59. The number of piperidine rings is 2. The summed E-state index contributed by atoms with van der Waals surface area (Å²) in [4.78, 5) is 29.5. The summed E-state index contributed by atoms with van der Waals surface area (Å²) in [5.41, 5.74) is 2.37. The van der Waals surface area contributed by atoms with Gasteiger partial charge >= 0.3 is 6.03 Å². The Morgan fingerprint density at radius 2 is 1.78 bits per heavy atom. The lowest BCUT2D eigenvalue weighted by molar-refractivity contribution is 0.0697. The van der Waals surface area contributed by atoms with Crippen molar-refractivity contribution in [1.29, 1.82) is 0 Å². The molecule has 0 aromatic heterocycles. The van der Waals surface area contributed by atoms with Gasteiger partial charge in [-0.3, -0.25) is 4.79 Å². The van der Waals surface area contributed by atoms with Crippen LogP contribution in [0.5, 0.6) is 0 Å². The van der Waals surface area contributed by atoms with Crippen molar-refractivity contribution < 1.29 is 9.59 Å². The number of amides is 3. The van der Waals surface area contributed by atoms with Gasteiger partial charge in [-0.25, -0.2) is 4.79 Å². The largest absolute Gasteiger partial charge is 0.371 e. The molecule has 2 N–H and O–H groups in total. The van der Waals surface area contributed by atoms with Crippen molar-refractivity contribution in [3.8, 4) is 0 Å². The minimum absolute atomic E-state index is 0.0852. The van der Waals surface area contributed by atoms with Crippen molar-refractivity contribution in [3.63, 3.8) is 0 Å².